The molecule has 0 aromatic carbocycles. The molecule has 0 bridgehead atoms. The first-order chi connectivity index (χ1) is 8.42. The number of carbonyl (C=O) groups is 1. The van der Waals surface area contributed by atoms with E-state index in [9.17, 15) is 18.0 Å². The van der Waals surface area contributed by atoms with Crippen LogP contribution in [-0.2, 0) is 9.53 Å². The van der Waals surface area contributed by atoms with Crippen molar-refractivity contribution < 1.29 is 27.1 Å². The van der Waals surface area contributed by atoms with Gasteiger partial charge in [0, 0.05) is 13.5 Å². The monoisotopic (exact) mass is 265 g/mol. The molecule has 1 aromatic rings. The predicted octanol–water partition coefficient (Wildman–Crippen LogP) is 2.43. The van der Waals surface area contributed by atoms with E-state index in [4.69, 9.17) is 9.15 Å². The first-order valence-electron chi connectivity index (χ1n) is 5.32. The Labute approximate surface area is 102 Å². The number of methoxy groups -OCH3 is 1. The van der Waals surface area contributed by atoms with Crippen LogP contribution < -0.4 is 5.32 Å². The highest BCUT2D eigenvalue weighted by atomic mass is 19.4. The van der Waals surface area contributed by atoms with Gasteiger partial charge in [-0.05, 0) is 12.1 Å². The van der Waals surface area contributed by atoms with Crippen LogP contribution in [0.15, 0.2) is 22.8 Å². The summed E-state index contributed by atoms with van der Waals surface area (Å²) in [4.78, 5) is 11.2. The normalized spacial score (nSPS) is 13.3. The van der Waals surface area contributed by atoms with E-state index in [0.29, 0.717) is 5.76 Å². The Morgan fingerprint density at radius 1 is 1.56 bits per heavy atom. The summed E-state index contributed by atoms with van der Waals surface area (Å²) in [5, 5.41) is 2.37. The predicted molar refractivity (Wildman–Crippen MR) is 56.8 cm³/mol. The lowest BCUT2D eigenvalue weighted by atomic mass is 10.2. The van der Waals surface area contributed by atoms with Crippen molar-refractivity contribution in [3.05, 3.63) is 24.2 Å². The molecular weight excluding hydrogens is 251 g/mol. The lowest BCUT2D eigenvalue weighted by molar-refractivity contribution is -0.144. The Morgan fingerprint density at radius 3 is 2.78 bits per heavy atom. The average Bonchev–Trinajstić information content (AvgIpc) is 2.80. The summed E-state index contributed by atoms with van der Waals surface area (Å²) in [6.45, 7) is 0.0701. The van der Waals surface area contributed by atoms with Gasteiger partial charge in [-0.2, -0.15) is 13.2 Å². The van der Waals surface area contributed by atoms with E-state index in [1.807, 2.05) is 0 Å². The fourth-order valence-corrected chi connectivity index (χ4v) is 1.32. The average molecular weight is 265 g/mol. The summed E-state index contributed by atoms with van der Waals surface area (Å²) in [6.07, 6.45) is -5.09. The molecule has 18 heavy (non-hydrogen) atoms. The molecule has 0 saturated heterocycles. The molecule has 1 amide bonds. The van der Waals surface area contributed by atoms with Crippen LogP contribution in [0.5, 0.6) is 0 Å². The Hall–Kier alpha value is -1.50. The molecule has 0 spiro atoms. The number of carbonyl (C=O) groups excluding carboxylic acids is 1. The van der Waals surface area contributed by atoms with Gasteiger partial charge in [0.1, 0.15) is 11.9 Å². The third-order valence-corrected chi connectivity index (χ3v) is 2.27. The molecule has 1 rings (SSSR count). The first kappa shape index (κ1) is 14.6. The van der Waals surface area contributed by atoms with Crippen molar-refractivity contribution in [3.63, 3.8) is 0 Å². The largest absolute Gasteiger partial charge is 0.467 e. The number of ether oxygens (including phenoxy) is 1. The maximum absolute atomic E-state index is 11.9. The minimum atomic E-state index is -4.32. The zero-order valence-corrected chi connectivity index (χ0v) is 9.79. The number of nitrogens with one attached hydrogen (secondary N) is 1. The van der Waals surface area contributed by atoms with Gasteiger partial charge in [-0.15, -0.1) is 0 Å². The summed E-state index contributed by atoms with van der Waals surface area (Å²) in [6, 6.07) is 3.32. The van der Waals surface area contributed by atoms with Crippen molar-refractivity contribution in [2.45, 2.75) is 25.1 Å². The van der Waals surface area contributed by atoms with E-state index in [1.54, 1.807) is 12.1 Å². The smallest absolute Gasteiger partial charge is 0.389 e. The molecule has 7 heteroatoms. The van der Waals surface area contributed by atoms with Gasteiger partial charge < -0.3 is 14.5 Å². The summed E-state index contributed by atoms with van der Waals surface area (Å²) >= 11 is 0. The second-order valence-electron chi connectivity index (χ2n) is 3.66. The van der Waals surface area contributed by atoms with Crippen LogP contribution in [0, 0.1) is 0 Å². The quantitative estimate of drug-likeness (QED) is 0.859. The van der Waals surface area contributed by atoms with Crippen molar-refractivity contribution >= 4 is 5.91 Å². The van der Waals surface area contributed by atoms with Crippen LogP contribution in [-0.4, -0.2) is 25.7 Å². The Balaban J connectivity index is 2.33. The third-order valence-electron chi connectivity index (χ3n) is 2.27. The second kappa shape index (κ2) is 6.44. The summed E-state index contributed by atoms with van der Waals surface area (Å²) in [5.41, 5.74) is 0. The van der Waals surface area contributed by atoms with Crippen LogP contribution in [0.25, 0.3) is 0 Å². The summed E-state index contributed by atoms with van der Waals surface area (Å²) in [5.74, 6) is -0.158. The zero-order valence-electron chi connectivity index (χ0n) is 9.79. The maximum atomic E-state index is 11.9. The lowest BCUT2D eigenvalue weighted by Crippen LogP contribution is -2.29. The molecule has 1 aromatic heterocycles. The number of halogens is 3. The first-order valence-corrected chi connectivity index (χ1v) is 5.32. The van der Waals surface area contributed by atoms with Gasteiger partial charge in [0.05, 0.1) is 19.2 Å². The highest BCUT2D eigenvalue weighted by Gasteiger charge is 2.28. The van der Waals surface area contributed by atoms with E-state index in [0.717, 1.165) is 0 Å². The molecule has 1 heterocycles. The fourth-order valence-electron chi connectivity index (χ4n) is 1.32. The van der Waals surface area contributed by atoms with Gasteiger partial charge >= 0.3 is 6.18 Å². The van der Waals surface area contributed by atoms with Gasteiger partial charge in [0.25, 0.3) is 0 Å². The van der Waals surface area contributed by atoms with Crippen molar-refractivity contribution in [2.75, 3.05) is 13.7 Å². The lowest BCUT2D eigenvalue weighted by Gasteiger charge is -2.14. The van der Waals surface area contributed by atoms with E-state index >= 15 is 0 Å². The standard InChI is InChI=1S/C11H14F3NO3/c1-17-9(8-3-2-6-18-8)7-15-10(16)4-5-11(12,13)14/h2-3,6,9H,4-5,7H2,1H3,(H,15,16). The molecule has 0 fully saturated rings. The van der Waals surface area contributed by atoms with E-state index in [-0.39, 0.29) is 6.54 Å². The van der Waals surface area contributed by atoms with Crippen LogP contribution in [0.1, 0.15) is 24.7 Å². The van der Waals surface area contributed by atoms with Crippen molar-refractivity contribution in [1.82, 2.24) is 5.32 Å². The minimum absolute atomic E-state index is 0.0701. The molecule has 1 N–H and O–H groups in total. The van der Waals surface area contributed by atoms with Gasteiger partial charge in [0.2, 0.25) is 5.91 Å². The maximum Gasteiger partial charge on any atom is 0.389 e. The molecule has 0 radical (unpaired) electrons. The third kappa shape index (κ3) is 5.22. The molecule has 0 aliphatic rings. The molecule has 0 aliphatic carbocycles. The Kier molecular flexibility index (Phi) is 5.21. The SMILES string of the molecule is COC(CNC(=O)CCC(F)(F)F)c1ccco1. The van der Waals surface area contributed by atoms with Crippen LogP contribution in [0.2, 0.25) is 0 Å². The number of rotatable bonds is 6. The molecule has 1 atom stereocenters. The van der Waals surface area contributed by atoms with Crippen molar-refractivity contribution in [3.8, 4) is 0 Å². The van der Waals surface area contributed by atoms with Gasteiger partial charge in [-0.25, -0.2) is 0 Å². The fraction of sp³-hybridized carbons (Fsp3) is 0.545. The van der Waals surface area contributed by atoms with E-state index < -0.39 is 31.0 Å². The minimum Gasteiger partial charge on any atom is -0.467 e. The second-order valence-corrected chi connectivity index (χ2v) is 3.66. The Morgan fingerprint density at radius 2 is 2.28 bits per heavy atom. The van der Waals surface area contributed by atoms with Crippen LogP contribution >= 0.6 is 0 Å². The summed E-state index contributed by atoms with van der Waals surface area (Å²) in [7, 11) is 1.43. The summed E-state index contributed by atoms with van der Waals surface area (Å²) < 4.78 is 45.8. The number of amides is 1. The Bertz CT molecular complexity index is 362. The topological polar surface area (TPSA) is 51.5 Å². The molecule has 0 aliphatic heterocycles. The molecule has 1 unspecified atom stereocenters. The van der Waals surface area contributed by atoms with Crippen LogP contribution in [0.4, 0.5) is 13.2 Å². The van der Waals surface area contributed by atoms with Gasteiger partial charge in [0.15, 0.2) is 0 Å². The van der Waals surface area contributed by atoms with E-state index in [2.05, 4.69) is 5.32 Å². The number of furan rings is 1. The highest BCUT2D eigenvalue weighted by Crippen LogP contribution is 2.21. The van der Waals surface area contributed by atoms with Gasteiger partial charge in [-0.1, -0.05) is 0 Å². The number of hydrogen-bond acceptors (Lipinski definition) is 3. The van der Waals surface area contributed by atoms with Crippen LogP contribution in [0.3, 0.4) is 0 Å². The zero-order chi connectivity index (χ0) is 13.6. The molecular formula is C11H14F3NO3. The van der Waals surface area contributed by atoms with Crippen molar-refractivity contribution in [2.24, 2.45) is 0 Å². The van der Waals surface area contributed by atoms with E-state index in [1.165, 1.54) is 13.4 Å². The number of alkyl halides is 3. The number of hydrogen-bond donors (Lipinski definition) is 1. The molecule has 102 valence electrons. The molecule has 4 nitrogen and oxygen atoms in total. The molecule has 0 saturated carbocycles. The van der Waals surface area contributed by atoms with Gasteiger partial charge in [-0.3, -0.25) is 4.79 Å². The highest BCUT2D eigenvalue weighted by molar-refractivity contribution is 5.75. The van der Waals surface area contributed by atoms with Crippen molar-refractivity contribution in [1.29, 1.82) is 0 Å².